The number of carbonyl (C=O) groups excluding carboxylic acids is 1. The molecule has 1 fully saturated rings. The number of nitrogens with zero attached hydrogens (tertiary/aromatic N) is 2. The summed E-state index contributed by atoms with van der Waals surface area (Å²) >= 11 is 1.58. The SMILES string of the molecule is Cc1cc(C)c2nc(N(CC3CCCO3)C(=O)c3ccc(Cc4ccccc4)cc3)sc2c1. The Hall–Kier alpha value is -3.02. The van der Waals surface area contributed by atoms with Gasteiger partial charge < -0.3 is 4.74 Å². The lowest BCUT2D eigenvalue weighted by molar-refractivity contribution is 0.0917. The quantitative estimate of drug-likeness (QED) is 0.340. The molecule has 4 nitrogen and oxygen atoms in total. The molecular weight excluding hydrogens is 428 g/mol. The van der Waals surface area contributed by atoms with Gasteiger partial charge in [-0.25, -0.2) is 4.98 Å². The standard InChI is InChI=1S/C28H28N2O2S/c1-19-15-20(2)26-25(16-19)33-28(29-26)30(18-24-9-6-14-32-24)27(31)23-12-10-22(11-13-23)17-21-7-4-3-5-8-21/h3-5,7-8,10-13,15-16,24H,6,9,14,17-18H2,1-2H3. The minimum absolute atomic E-state index is 0.0230. The van der Waals surface area contributed by atoms with Gasteiger partial charge >= 0.3 is 0 Å². The van der Waals surface area contributed by atoms with Crippen LogP contribution in [0.2, 0.25) is 0 Å². The zero-order chi connectivity index (χ0) is 22.8. The van der Waals surface area contributed by atoms with Gasteiger partial charge in [0, 0.05) is 12.2 Å². The lowest BCUT2D eigenvalue weighted by Crippen LogP contribution is -2.37. The van der Waals surface area contributed by atoms with Crippen LogP contribution in [0.1, 0.15) is 45.5 Å². The second-order valence-electron chi connectivity index (χ2n) is 8.84. The van der Waals surface area contributed by atoms with E-state index in [0.717, 1.165) is 46.8 Å². The first-order valence-electron chi connectivity index (χ1n) is 11.5. The Morgan fingerprint density at radius 3 is 2.55 bits per heavy atom. The summed E-state index contributed by atoms with van der Waals surface area (Å²) in [4.78, 5) is 20.4. The van der Waals surface area contributed by atoms with Crippen molar-refractivity contribution in [2.45, 2.75) is 39.2 Å². The van der Waals surface area contributed by atoms with Gasteiger partial charge in [-0.15, -0.1) is 0 Å². The maximum atomic E-state index is 13.7. The summed E-state index contributed by atoms with van der Waals surface area (Å²) in [5, 5.41) is 0.743. The molecule has 4 aromatic rings. The second kappa shape index (κ2) is 9.46. The number of aromatic nitrogens is 1. The van der Waals surface area contributed by atoms with Crippen molar-refractivity contribution in [3.63, 3.8) is 0 Å². The molecule has 0 N–H and O–H groups in total. The number of rotatable bonds is 6. The van der Waals surface area contributed by atoms with E-state index in [1.165, 1.54) is 16.7 Å². The first-order valence-corrected chi connectivity index (χ1v) is 12.3. The van der Waals surface area contributed by atoms with Gasteiger partial charge in [-0.1, -0.05) is 59.9 Å². The van der Waals surface area contributed by atoms with Gasteiger partial charge in [-0.05, 0) is 73.6 Å². The van der Waals surface area contributed by atoms with Gasteiger partial charge in [-0.2, -0.15) is 0 Å². The molecule has 1 saturated heterocycles. The van der Waals surface area contributed by atoms with Crippen molar-refractivity contribution in [3.8, 4) is 0 Å². The van der Waals surface area contributed by atoms with Crippen LogP contribution in [0.25, 0.3) is 10.2 Å². The summed E-state index contributed by atoms with van der Waals surface area (Å²) in [5.41, 5.74) is 6.45. The highest BCUT2D eigenvalue weighted by molar-refractivity contribution is 7.22. The molecule has 5 rings (SSSR count). The van der Waals surface area contributed by atoms with Gasteiger partial charge in [0.05, 0.1) is 22.9 Å². The van der Waals surface area contributed by atoms with Crippen LogP contribution >= 0.6 is 11.3 Å². The van der Waals surface area contributed by atoms with Gasteiger partial charge in [-0.3, -0.25) is 9.69 Å². The summed E-state index contributed by atoms with van der Waals surface area (Å²) in [6, 6.07) is 22.6. The number of ether oxygens (including phenoxy) is 1. The van der Waals surface area contributed by atoms with E-state index in [2.05, 4.69) is 62.4 Å². The average molecular weight is 457 g/mol. The molecule has 1 amide bonds. The van der Waals surface area contributed by atoms with E-state index in [9.17, 15) is 4.79 Å². The van der Waals surface area contributed by atoms with Gasteiger partial charge in [0.1, 0.15) is 0 Å². The lowest BCUT2D eigenvalue weighted by Gasteiger charge is -2.23. The molecule has 2 heterocycles. The molecule has 1 aliphatic rings. The van der Waals surface area contributed by atoms with E-state index >= 15 is 0 Å². The fourth-order valence-corrected chi connectivity index (χ4v) is 5.62. The fourth-order valence-electron chi connectivity index (χ4n) is 4.47. The molecule has 5 heteroatoms. The Bertz CT molecular complexity index is 1260. The van der Waals surface area contributed by atoms with E-state index in [4.69, 9.17) is 9.72 Å². The number of carbonyl (C=O) groups is 1. The molecule has 0 bridgehead atoms. The van der Waals surface area contributed by atoms with Gasteiger partial charge in [0.15, 0.2) is 5.13 Å². The predicted octanol–water partition coefficient (Wildman–Crippen LogP) is 6.33. The number of fused-ring (bicyclic) bond motifs is 1. The number of hydrogen-bond acceptors (Lipinski definition) is 4. The van der Waals surface area contributed by atoms with Crippen molar-refractivity contribution in [1.29, 1.82) is 0 Å². The van der Waals surface area contributed by atoms with Crippen molar-refractivity contribution in [3.05, 3.63) is 94.5 Å². The van der Waals surface area contributed by atoms with Crippen LogP contribution in [0.4, 0.5) is 5.13 Å². The summed E-state index contributed by atoms with van der Waals surface area (Å²) in [7, 11) is 0. The molecule has 1 aliphatic heterocycles. The number of benzene rings is 3. The lowest BCUT2D eigenvalue weighted by atomic mass is 10.0. The van der Waals surface area contributed by atoms with Gasteiger partial charge in [0.25, 0.3) is 5.91 Å². The number of aryl methyl sites for hydroxylation is 2. The Morgan fingerprint density at radius 1 is 1.06 bits per heavy atom. The number of hydrogen-bond donors (Lipinski definition) is 0. The predicted molar refractivity (Wildman–Crippen MR) is 135 cm³/mol. The van der Waals surface area contributed by atoms with Crippen molar-refractivity contribution in [2.24, 2.45) is 0 Å². The first kappa shape index (κ1) is 21.8. The molecule has 33 heavy (non-hydrogen) atoms. The molecule has 3 aromatic carbocycles. The maximum Gasteiger partial charge on any atom is 0.260 e. The summed E-state index contributed by atoms with van der Waals surface area (Å²) in [6.07, 6.45) is 2.92. The van der Waals surface area contributed by atoms with Crippen molar-refractivity contribution >= 4 is 32.6 Å². The maximum absolute atomic E-state index is 13.7. The third-order valence-electron chi connectivity index (χ3n) is 6.16. The molecular formula is C28H28N2O2S. The zero-order valence-corrected chi connectivity index (χ0v) is 19.9. The molecule has 1 atom stereocenters. The summed E-state index contributed by atoms with van der Waals surface area (Å²) in [5.74, 6) is -0.0230. The highest BCUT2D eigenvalue weighted by Crippen LogP contribution is 2.33. The third kappa shape index (κ3) is 4.85. The Balaban J connectivity index is 1.43. The van der Waals surface area contributed by atoms with E-state index in [-0.39, 0.29) is 12.0 Å². The number of anilines is 1. The smallest absolute Gasteiger partial charge is 0.260 e. The van der Waals surface area contributed by atoms with E-state index in [1.807, 2.05) is 23.1 Å². The fraction of sp³-hybridized carbons (Fsp3) is 0.286. The number of thiazole rings is 1. The van der Waals surface area contributed by atoms with Gasteiger partial charge in [0.2, 0.25) is 0 Å². The van der Waals surface area contributed by atoms with Crippen LogP contribution in [-0.4, -0.2) is 30.1 Å². The van der Waals surface area contributed by atoms with Crippen LogP contribution in [-0.2, 0) is 11.2 Å². The Morgan fingerprint density at radius 2 is 1.82 bits per heavy atom. The van der Waals surface area contributed by atoms with Crippen molar-refractivity contribution in [1.82, 2.24) is 4.98 Å². The largest absolute Gasteiger partial charge is 0.376 e. The van der Waals surface area contributed by atoms with Crippen LogP contribution in [0.3, 0.4) is 0 Å². The third-order valence-corrected chi connectivity index (χ3v) is 7.18. The molecule has 1 unspecified atom stereocenters. The molecule has 1 aromatic heterocycles. The van der Waals surface area contributed by atoms with Crippen molar-refractivity contribution in [2.75, 3.05) is 18.1 Å². The van der Waals surface area contributed by atoms with E-state index in [0.29, 0.717) is 12.1 Å². The molecule has 0 aliphatic carbocycles. The van der Waals surface area contributed by atoms with Crippen molar-refractivity contribution < 1.29 is 9.53 Å². The Kier molecular flexibility index (Phi) is 6.25. The first-order chi connectivity index (χ1) is 16.1. The molecule has 168 valence electrons. The highest BCUT2D eigenvalue weighted by atomic mass is 32.1. The monoisotopic (exact) mass is 456 g/mol. The van der Waals surface area contributed by atoms with E-state index < -0.39 is 0 Å². The minimum Gasteiger partial charge on any atom is -0.376 e. The summed E-state index contributed by atoms with van der Waals surface area (Å²) < 4.78 is 6.99. The van der Waals surface area contributed by atoms with Crippen LogP contribution in [0.5, 0.6) is 0 Å². The normalized spacial score (nSPS) is 15.8. The minimum atomic E-state index is -0.0230. The highest BCUT2D eigenvalue weighted by Gasteiger charge is 2.27. The zero-order valence-electron chi connectivity index (χ0n) is 19.1. The molecule has 0 spiro atoms. The Labute approximate surface area is 198 Å². The van der Waals surface area contributed by atoms with E-state index in [1.54, 1.807) is 11.3 Å². The van der Waals surface area contributed by atoms with Crippen LogP contribution < -0.4 is 4.90 Å². The average Bonchev–Trinajstić information content (AvgIpc) is 3.48. The number of amides is 1. The molecule has 0 saturated carbocycles. The molecule has 0 radical (unpaired) electrons. The second-order valence-corrected chi connectivity index (χ2v) is 9.84. The van der Waals surface area contributed by atoms with Crippen LogP contribution in [0.15, 0.2) is 66.7 Å². The topological polar surface area (TPSA) is 42.4 Å². The summed E-state index contributed by atoms with van der Waals surface area (Å²) in [6.45, 7) is 5.47. The van der Waals surface area contributed by atoms with Crippen LogP contribution in [0, 0.1) is 13.8 Å².